The molecule has 1 heterocycles. The van der Waals surface area contributed by atoms with E-state index in [-0.39, 0.29) is 29.9 Å². The van der Waals surface area contributed by atoms with E-state index in [1.165, 1.54) is 70.6 Å². The molecule has 1 N–H and O–H groups in total. The van der Waals surface area contributed by atoms with Crippen molar-refractivity contribution in [3.63, 3.8) is 0 Å². The van der Waals surface area contributed by atoms with Gasteiger partial charge in [-0.3, -0.25) is 4.79 Å². The second kappa shape index (κ2) is 18.7. The van der Waals surface area contributed by atoms with Crippen LogP contribution < -0.4 is 38.6 Å². The van der Waals surface area contributed by atoms with Gasteiger partial charge in [-0.15, -0.1) is 0 Å². The van der Waals surface area contributed by atoms with Gasteiger partial charge in [0.25, 0.3) is 5.69 Å². The van der Waals surface area contributed by atoms with E-state index in [4.69, 9.17) is 4.74 Å². The molecule has 0 aliphatic carbocycles. The van der Waals surface area contributed by atoms with Crippen LogP contribution >= 0.6 is 0 Å². The van der Waals surface area contributed by atoms with Crippen molar-refractivity contribution < 1.29 is 38.1 Å². The minimum Gasteiger partial charge on any atom is -1.00 e. The number of carbonyl (C=O) groups is 1. The van der Waals surface area contributed by atoms with Crippen molar-refractivity contribution in [1.29, 1.82) is 0 Å². The molecule has 1 aromatic carbocycles. The number of halogens is 1. The van der Waals surface area contributed by atoms with Gasteiger partial charge in [0.1, 0.15) is 12.8 Å². The summed E-state index contributed by atoms with van der Waals surface area (Å²) in [5.41, 5.74) is 2.90. The molecule has 0 spiro atoms. The fraction of sp³-hybridized carbons (Fsp3) is 0.586. The minimum atomic E-state index is -0.0650. The summed E-state index contributed by atoms with van der Waals surface area (Å²) in [6.45, 7) is 5.63. The van der Waals surface area contributed by atoms with Crippen molar-refractivity contribution >= 4 is 5.91 Å². The van der Waals surface area contributed by atoms with Crippen LogP contribution in [0.1, 0.15) is 106 Å². The van der Waals surface area contributed by atoms with Crippen LogP contribution in [0.5, 0.6) is 5.75 Å². The second-order valence-corrected chi connectivity index (χ2v) is 9.21. The van der Waals surface area contributed by atoms with E-state index >= 15 is 0 Å². The van der Waals surface area contributed by atoms with Gasteiger partial charge < -0.3 is 34.0 Å². The summed E-state index contributed by atoms with van der Waals surface area (Å²) in [6.07, 6.45) is 18.1. The van der Waals surface area contributed by atoms with Crippen LogP contribution in [0.15, 0.2) is 42.6 Å². The lowest BCUT2D eigenvalue weighted by Crippen LogP contribution is -3.00. The highest BCUT2D eigenvalue weighted by atomic mass is 127. The molecule has 2 aromatic rings. The molecule has 0 bridgehead atoms. The van der Waals surface area contributed by atoms with Crippen molar-refractivity contribution in [3.05, 3.63) is 59.4 Å². The third-order valence-corrected chi connectivity index (χ3v) is 6.31. The van der Waals surface area contributed by atoms with Crippen LogP contribution in [0.2, 0.25) is 0 Å². The van der Waals surface area contributed by atoms with Crippen LogP contribution in [0, 0.1) is 6.92 Å². The first-order valence-corrected chi connectivity index (χ1v) is 13.1. The highest BCUT2D eigenvalue weighted by Gasteiger charge is 2.15. The number of nitrogens with one attached hydrogen (secondary N) is 1. The summed E-state index contributed by atoms with van der Waals surface area (Å²) in [5.74, 6) is 0.852. The van der Waals surface area contributed by atoms with Crippen LogP contribution in [-0.4, -0.2) is 12.5 Å². The number of hydrogen-bond acceptors (Lipinski definition) is 2. The Morgan fingerprint density at radius 2 is 1.50 bits per heavy atom. The fourth-order valence-electron chi connectivity index (χ4n) is 4.11. The van der Waals surface area contributed by atoms with Crippen molar-refractivity contribution in [3.8, 4) is 5.75 Å². The number of benzene rings is 1. The molecule has 0 radical (unpaired) electrons. The van der Waals surface area contributed by atoms with E-state index < -0.39 is 0 Å². The molecule has 0 aliphatic rings. The third kappa shape index (κ3) is 12.2. The highest BCUT2D eigenvalue weighted by molar-refractivity contribution is 5.90. The van der Waals surface area contributed by atoms with E-state index in [1.54, 1.807) is 0 Å². The number of ether oxygens (including phenoxy) is 1. The number of hydrogen-bond donors (Lipinski definition) is 1. The van der Waals surface area contributed by atoms with Gasteiger partial charge in [0, 0.05) is 18.7 Å². The number of amides is 1. The largest absolute Gasteiger partial charge is 1.00 e. The van der Waals surface area contributed by atoms with Gasteiger partial charge in [-0.25, -0.2) is 0 Å². The Hall–Kier alpha value is -1.63. The lowest BCUT2D eigenvalue weighted by Gasteiger charge is -2.11. The summed E-state index contributed by atoms with van der Waals surface area (Å²) >= 11 is 0. The molecule has 1 amide bonds. The molecule has 0 aliphatic heterocycles. The Kier molecular flexibility index (Phi) is 16.7. The summed E-state index contributed by atoms with van der Waals surface area (Å²) < 4.78 is 7.78. The first kappa shape index (κ1) is 30.4. The number of aromatic nitrogens is 1. The molecule has 34 heavy (non-hydrogen) atoms. The van der Waals surface area contributed by atoms with Gasteiger partial charge in [-0.05, 0) is 42.7 Å². The smallest absolute Gasteiger partial charge is 0.316 e. The molecule has 5 heteroatoms. The van der Waals surface area contributed by atoms with Crippen LogP contribution in [0.25, 0.3) is 0 Å². The lowest BCUT2D eigenvalue weighted by atomic mass is 10.1. The fourth-order valence-corrected chi connectivity index (χ4v) is 4.11. The summed E-state index contributed by atoms with van der Waals surface area (Å²) in [4.78, 5) is 12.4. The Bertz CT molecular complexity index is 826. The zero-order valence-corrected chi connectivity index (χ0v) is 23.7. The maximum Gasteiger partial charge on any atom is 0.316 e. The van der Waals surface area contributed by atoms with Gasteiger partial charge in [0.05, 0.1) is 6.61 Å². The van der Waals surface area contributed by atoms with E-state index in [9.17, 15) is 4.79 Å². The molecule has 4 nitrogen and oxygen atoms in total. The van der Waals surface area contributed by atoms with Gasteiger partial charge in [-0.1, -0.05) is 83.6 Å². The van der Waals surface area contributed by atoms with Crippen LogP contribution in [0.4, 0.5) is 0 Å². The molecule has 190 valence electrons. The van der Waals surface area contributed by atoms with Crippen molar-refractivity contribution in [1.82, 2.24) is 5.32 Å². The topological polar surface area (TPSA) is 42.2 Å². The molecular formula is C29H45IN2O2. The SMILES string of the molecule is CCCCCCCCCCCCCCOc1ccc(CNC(=O)c2cccc[n+]2C)c(C)c1.[I-]. The second-order valence-electron chi connectivity index (χ2n) is 9.21. The normalized spacial score (nSPS) is 10.6. The quantitative estimate of drug-likeness (QED) is 0.176. The molecule has 0 fully saturated rings. The molecule has 0 unspecified atom stereocenters. The molecule has 0 saturated carbocycles. The Labute approximate surface area is 224 Å². The molecule has 2 rings (SSSR count). The Balaban J connectivity index is 0.00000578. The molecule has 1 aromatic heterocycles. The number of carbonyl (C=O) groups excluding carboxylic acids is 1. The number of aryl methyl sites for hydroxylation is 2. The van der Waals surface area contributed by atoms with Gasteiger partial charge >= 0.3 is 5.91 Å². The predicted octanol–water partition coefficient (Wildman–Crippen LogP) is 3.83. The highest BCUT2D eigenvalue weighted by Crippen LogP contribution is 2.18. The first-order valence-electron chi connectivity index (χ1n) is 13.1. The number of pyridine rings is 1. The summed E-state index contributed by atoms with van der Waals surface area (Å²) in [6, 6.07) is 11.8. The standard InChI is InChI=1S/C29H44N2O2.HI/c1-4-5-6-7-8-9-10-11-12-13-14-17-22-33-27-20-19-26(25(2)23-27)24-30-29(32)28-18-15-16-21-31(28)3;/h15-16,18-21,23H,4-14,17,22,24H2,1-3H3;1H. The minimum absolute atomic E-state index is 0. The molecule has 0 saturated heterocycles. The Morgan fingerprint density at radius 3 is 2.09 bits per heavy atom. The maximum absolute atomic E-state index is 12.4. The van der Waals surface area contributed by atoms with Crippen molar-refractivity contribution in [2.75, 3.05) is 6.61 Å². The van der Waals surface area contributed by atoms with E-state index in [2.05, 4.69) is 31.3 Å². The van der Waals surface area contributed by atoms with Crippen molar-refractivity contribution in [2.45, 2.75) is 97.4 Å². The van der Waals surface area contributed by atoms with Gasteiger partial charge in [0.15, 0.2) is 6.20 Å². The van der Waals surface area contributed by atoms with Gasteiger partial charge in [0.2, 0.25) is 0 Å². The Morgan fingerprint density at radius 1 is 0.882 bits per heavy atom. The number of nitrogens with zero attached hydrogens (tertiary/aromatic N) is 1. The predicted molar refractivity (Wildman–Crippen MR) is 137 cm³/mol. The zero-order valence-electron chi connectivity index (χ0n) is 21.6. The van der Waals surface area contributed by atoms with Crippen LogP contribution in [-0.2, 0) is 13.6 Å². The van der Waals surface area contributed by atoms with E-state index in [0.29, 0.717) is 12.2 Å². The summed E-state index contributed by atoms with van der Waals surface area (Å²) in [7, 11) is 1.88. The maximum atomic E-state index is 12.4. The number of unbranched alkanes of at least 4 members (excludes halogenated alkanes) is 11. The lowest BCUT2D eigenvalue weighted by molar-refractivity contribution is -0.673. The van der Waals surface area contributed by atoms with Crippen LogP contribution in [0.3, 0.4) is 0 Å². The average Bonchev–Trinajstić information content (AvgIpc) is 2.81. The molecular weight excluding hydrogens is 535 g/mol. The molecule has 0 atom stereocenters. The first-order chi connectivity index (χ1) is 16.1. The summed E-state index contributed by atoms with van der Waals surface area (Å²) in [5, 5.41) is 3.01. The monoisotopic (exact) mass is 580 g/mol. The number of rotatable bonds is 17. The third-order valence-electron chi connectivity index (χ3n) is 6.31. The average molecular weight is 581 g/mol. The van der Waals surface area contributed by atoms with Crippen molar-refractivity contribution in [2.24, 2.45) is 7.05 Å². The zero-order chi connectivity index (χ0) is 23.7. The van der Waals surface area contributed by atoms with E-state index in [1.807, 2.05) is 42.1 Å². The van der Waals surface area contributed by atoms with E-state index in [0.717, 1.165) is 29.9 Å². The van der Waals surface area contributed by atoms with Gasteiger partial charge in [-0.2, -0.15) is 4.57 Å².